The fourth-order valence-electron chi connectivity index (χ4n) is 5.31. The smallest absolute Gasteiger partial charge is 0.256 e. The Labute approximate surface area is 203 Å². The van der Waals surface area contributed by atoms with Gasteiger partial charge in [0, 0.05) is 18.1 Å². The molecule has 178 valence electrons. The van der Waals surface area contributed by atoms with E-state index in [-0.39, 0.29) is 36.7 Å². The Bertz CT molecular complexity index is 1110. The van der Waals surface area contributed by atoms with Crippen molar-refractivity contribution in [1.29, 1.82) is 0 Å². The highest BCUT2D eigenvalue weighted by Gasteiger charge is 2.42. The van der Waals surface area contributed by atoms with E-state index in [0.29, 0.717) is 22.8 Å². The molecule has 1 aliphatic carbocycles. The number of halogens is 1. The van der Waals surface area contributed by atoms with Gasteiger partial charge in [0.05, 0.1) is 17.8 Å². The molecule has 0 spiro atoms. The van der Waals surface area contributed by atoms with Gasteiger partial charge < -0.3 is 20.2 Å². The van der Waals surface area contributed by atoms with E-state index in [4.69, 9.17) is 11.6 Å². The molecule has 1 saturated carbocycles. The third-order valence-electron chi connectivity index (χ3n) is 7.29. The predicted octanol–water partition coefficient (Wildman–Crippen LogP) is 3.55. The normalized spacial score (nSPS) is 21.9. The number of aliphatic hydroxyl groups excluding tert-OH is 1. The molecule has 34 heavy (non-hydrogen) atoms. The molecular weight excluding hydrogens is 454 g/mol. The summed E-state index contributed by atoms with van der Waals surface area (Å²) in [6.07, 6.45) is 3.84. The van der Waals surface area contributed by atoms with Gasteiger partial charge >= 0.3 is 0 Å². The Morgan fingerprint density at radius 3 is 2.44 bits per heavy atom. The molecular formula is C26H28ClN3O4. The van der Waals surface area contributed by atoms with Crippen LogP contribution in [0, 0.1) is 5.92 Å². The average Bonchev–Trinajstić information content (AvgIpc) is 2.98. The number of hydrogen-bond acceptors (Lipinski definition) is 4. The summed E-state index contributed by atoms with van der Waals surface area (Å²) in [6.45, 7) is 0.618. The lowest BCUT2D eigenvalue weighted by molar-refractivity contribution is -0.147. The van der Waals surface area contributed by atoms with Gasteiger partial charge in [-0.15, -0.1) is 0 Å². The van der Waals surface area contributed by atoms with E-state index in [1.54, 1.807) is 34.1 Å². The Hall–Kier alpha value is -2.90. The summed E-state index contributed by atoms with van der Waals surface area (Å²) in [5, 5.41) is 14.2. The van der Waals surface area contributed by atoms with Crippen LogP contribution < -0.4 is 5.32 Å². The topological polar surface area (TPSA) is 90.0 Å². The van der Waals surface area contributed by atoms with Crippen molar-refractivity contribution in [2.24, 2.45) is 5.92 Å². The van der Waals surface area contributed by atoms with Crippen LogP contribution in [0.4, 0.5) is 5.69 Å². The Morgan fingerprint density at radius 1 is 1.00 bits per heavy atom. The Morgan fingerprint density at radius 2 is 1.71 bits per heavy atom. The summed E-state index contributed by atoms with van der Waals surface area (Å²) in [6, 6.07) is 11.9. The van der Waals surface area contributed by atoms with Crippen LogP contribution in [0.2, 0.25) is 5.02 Å². The highest BCUT2D eigenvalue weighted by molar-refractivity contribution is 6.30. The maximum Gasteiger partial charge on any atom is 0.256 e. The molecule has 0 bridgehead atoms. The molecule has 7 nitrogen and oxygen atoms in total. The molecule has 2 unspecified atom stereocenters. The lowest BCUT2D eigenvalue weighted by atomic mass is 9.84. The second-order valence-electron chi connectivity index (χ2n) is 9.40. The molecule has 2 aliphatic heterocycles. The minimum absolute atomic E-state index is 0.0283. The zero-order valence-corrected chi connectivity index (χ0v) is 19.6. The van der Waals surface area contributed by atoms with Crippen molar-refractivity contribution < 1.29 is 19.5 Å². The number of piperazine rings is 1. The summed E-state index contributed by atoms with van der Waals surface area (Å²) < 4.78 is 0. The summed E-state index contributed by atoms with van der Waals surface area (Å²) in [7, 11) is 0. The zero-order chi connectivity index (χ0) is 23.8. The predicted molar refractivity (Wildman–Crippen MR) is 130 cm³/mol. The minimum Gasteiger partial charge on any atom is -0.383 e. The number of nitrogens with zero attached hydrogens (tertiary/aromatic N) is 2. The maximum absolute atomic E-state index is 13.5. The number of benzene rings is 2. The lowest BCUT2D eigenvalue weighted by Crippen LogP contribution is -2.61. The van der Waals surface area contributed by atoms with Crippen LogP contribution in [-0.4, -0.2) is 64.4 Å². The van der Waals surface area contributed by atoms with E-state index in [2.05, 4.69) is 5.32 Å². The number of carbonyl (C=O) groups is 3. The molecule has 3 aliphatic rings. The number of rotatable bonds is 3. The van der Waals surface area contributed by atoms with Gasteiger partial charge in [-0.1, -0.05) is 49.1 Å². The van der Waals surface area contributed by atoms with Gasteiger partial charge in [0.15, 0.2) is 0 Å². The Kier molecular flexibility index (Phi) is 6.32. The molecule has 2 N–H and O–H groups in total. The summed E-state index contributed by atoms with van der Waals surface area (Å²) in [5.41, 5.74) is 2.65. The van der Waals surface area contributed by atoms with Crippen LogP contribution in [0.25, 0.3) is 11.1 Å². The molecule has 3 amide bonds. The highest BCUT2D eigenvalue weighted by Crippen LogP contribution is 2.32. The van der Waals surface area contributed by atoms with E-state index in [9.17, 15) is 19.5 Å². The number of carbonyl (C=O) groups excluding carboxylic acids is 3. The molecule has 2 fully saturated rings. The average molecular weight is 482 g/mol. The fourth-order valence-corrected chi connectivity index (χ4v) is 5.44. The van der Waals surface area contributed by atoms with Gasteiger partial charge in [-0.25, -0.2) is 0 Å². The van der Waals surface area contributed by atoms with Crippen molar-refractivity contribution in [3.8, 4) is 11.1 Å². The third-order valence-corrected chi connectivity index (χ3v) is 7.54. The molecule has 0 radical (unpaired) electrons. The first-order chi connectivity index (χ1) is 16.4. The van der Waals surface area contributed by atoms with Crippen molar-refractivity contribution in [1.82, 2.24) is 9.80 Å². The second-order valence-corrected chi connectivity index (χ2v) is 9.83. The van der Waals surface area contributed by atoms with Crippen LogP contribution >= 0.6 is 11.6 Å². The van der Waals surface area contributed by atoms with Gasteiger partial charge in [0.1, 0.15) is 12.1 Å². The van der Waals surface area contributed by atoms with Crippen molar-refractivity contribution in [2.75, 3.05) is 25.0 Å². The van der Waals surface area contributed by atoms with E-state index in [0.717, 1.165) is 43.2 Å². The van der Waals surface area contributed by atoms with Crippen LogP contribution in [0.1, 0.15) is 42.5 Å². The lowest BCUT2D eigenvalue weighted by Gasteiger charge is -2.40. The standard InChI is InChI=1S/C26H28ClN3O4/c27-19-9-6-16(7-10-19)18-8-11-21-20(14-18)25(33)30-13-12-29(15-22(30)24(32)28-21)26(34)23(31)17-4-2-1-3-5-17/h6-11,14,17,22-23,31H,1-5,12-13,15H2,(H,28,32). The highest BCUT2D eigenvalue weighted by atomic mass is 35.5. The molecule has 2 aromatic rings. The number of aliphatic hydroxyl groups is 1. The minimum atomic E-state index is -1.05. The van der Waals surface area contributed by atoms with E-state index < -0.39 is 12.1 Å². The quantitative estimate of drug-likeness (QED) is 0.701. The van der Waals surface area contributed by atoms with Crippen LogP contribution in [0.3, 0.4) is 0 Å². The number of hydrogen-bond donors (Lipinski definition) is 2. The van der Waals surface area contributed by atoms with Crippen molar-refractivity contribution in [2.45, 2.75) is 44.2 Å². The van der Waals surface area contributed by atoms with Gasteiger partial charge in [-0.05, 0) is 54.2 Å². The Balaban J connectivity index is 1.36. The van der Waals surface area contributed by atoms with Gasteiger partial charge in [0.2, 0.25) is 5.91 Å². The van der Waals surface area contributed by atoms with Gasteiger partial charge in [0.25, 0.3) is 11.8 Å². The number of amides is 3. The van der Waals surface area contributed by atoms with Crippen molar-refractivity contribution in [3.63, 3.8) is 0 Å². The summed E-state index contributed by atoms with van der Waals surface area (Å²) in [5.74, 6) is -0.928. The monoisotopic (exact) mass is 481 g/mol. The first kappa shape index (κ1) is 22.9. The number of nitrogens with one attached hydrogen (secondary N) is 1. The first-order valence-corrected chi connectivity index (χ1v) is 12.3. The largest absolute Gasteiger partial charge is 0.383 e. The molecule has 2 heterocycles. The molecule has 0 aromatic heterocycles. The number of anilines is 1. The van der Waals surface area contributed by atoms with Crippen LogP contribution in [0.15, 0.2) is 42.5 Å². The van der Waals surface area contributed by atoms with Crippen LogP contribution in [0.5, 0.6) is 0 Å². The van der Waals surface area contributed by atoms with Crippen LogP contribution in [-0.2, 0) is 9.59 Å². The van der Waals surface area contributed by atoms with Crippen molar-refractivity contribution in [3.05, 3.63) is 53.1 Å². The molecule has 8 heteroatoms. The number of fused-ring (bicyclic) bond motifs is 2. The summed E-state index contributed by atoms with van der Waals surface area (Å²) in [4.78, 5) is 42.7. The second kappa shape index (κ2) is 9.39. The van der Waals surface area contributed by atoms with Crippen molar-refractivity contribution >= 4 is 35.0 Å². The molecule has 1 saturated heterocycles. The summed E-state index contributed by atoms with van der Waals surface area (Å²) >= 11 is 6.00. The molecule has 2 atom stereocenters. The molecule has 5 rings (SSSR count). The zero-order valence-electron chi connectivity index (χ0n) is 18.9. The fraction of sp³-hybridized carbons (Fsp3) is 0.423. The van der Waals surface area contributed by atoms with Gasteiger partial charge in [-0.2, -0.15) is 0 Å². The van der Waals surface area contributed by atoms with E-state index in [1.165, 1.54) is 0 Å². The maximum atomic E-state index is 13.5. The van der Waals surface area contributed by atoms with Gasteiger partial charge in [-0.3, -0.25) is 14.4 Å². The van der Waals surface area contributed by atoms with E-state index in [1.807, 2.05) is 18.2 Å². The SMILES string of the molecule is O=C1Nc2ccc(-c3ccc(Cl)cc3)cc2C(=O)N2CCN(C(=O)C(O)C3CCCCC3)CC12. The first-order valence-electron chi connectivity index (χ1n) is 11.9. The third kappa shape index (κ3) is 4.30. The van der Waals surface area contributed by atoms with E-state index >= 15 is 0 Å². The molecule has 2 aromatic carbocycles.